The fourth-order valence-corrected chi connectivity index (χ4v) is 2.39. The second kappa shape index (κ2) is 7.62. The van der Waals surface area contributed by atoms with E-state index in [-0.39, 0.29) is 6.03 Å². The lowest BCUT2D eigenvalue weighted by atomic mass is 10.1. The van der Waals surface area contributed by atoms with Gasteiger partial charge in [0.05, 0.1) is 12.3 Å². The Morgan fingerprint density at radius 1 is 1.40 bits per heavy atom. The van der Waals surface area contributed by atoms with Gasteiger partial charge in [0.1, 0.15) is 0 Å². The molecule has 106 valence electrons. The Balaban J connectivity index is 1.95. The van der Waals surface area contributed by atoms with Gasteiger partial charge in [0.2, 0.25) is 0 Å². The maximum absolute atomic E-state index is 11.6. The van der Waals surface area contributed by atoms with Gasteiger partial charge < -0.3 is 15.4 Å². The molecule has 2 aromatic rings. The number of amides is 2. The highest BCUT2D eigenvalue weighted by Gasteiger charge is 2.07. The van der Waals surface area contributed by atoms with Crippen molar-refractivity contribution >= 4 is 17.4 Å². The van der Waals surface area contributed by atoms with Crippen LogP contribution in [0.25, 0.3) is 11.3 Å². The van der Waals surface area contributed by atoms with Gasteiger partial charge in [-0.3, -0.25) is 4.98 Å². The number of ether oxygens (including phenoxy) is 1. The number of nitrogens with zero attached hydrogens (tertiary/aromatic N) is 1. The molecule has 0 saturated heterocycles. The number of carbonyl (C=O) groups excluding carboxylic acids is 1. The first-order chi connectivity index (χ1) is 9.81. The molecule has 0 atom stereocenters. The predicted octanol–water partition coefficient (Wildman–Crippen LogP) is 2.26. The summed E-state index contributed by atoms with van der Waals surface area (Å²) in [5.41, 5.74) is 2.98. The lowest BCUT2D eigenvalue weighted by molar-refractivity contribution is 0.196. The molecule has 0 bridgehead atoms. The first kappa shape index (κ1) is 14.5. The van der Waals surface area contributed by atoms with Crippen molar-refractivity contribution in [1.29, 1.82) is 0 Å². The summed E-state index contributed by atoms with van der Waals surface area (Å²) in [6, 6.07) is 5.66. The van der Waals surface area contributed by atoms with Gasteiger partial charge >= 0.3 is 6.03 Å². The Kier molecular flexibility index (Phi) is 5.52. The summed E-state index contributed by atoms with van der Waals surface area (Å²) in [5.74, 6) is 0. The molecule has 2 heterocycles. The number of aromatic nitrogens is 1. The van der Waals surface area contributed by atoms with Gasteiger partial charge in [0.25, 0.3) is 0 Å². The Bertz CT molecular complexity index is 543. The number of carbonyl (C=O) groups is 1. The average Bonchev–Trinajstić information content (AvgIpc) is 3.00. The van der Waals surface area contributed by atoms with E-state index < -0.39 is 0 Å². The Morgan fingerprint density at radius 2 is 2.30 bits per heavy atom. The van der Waals surface area contributed by atoms with Crippen molar-refractivity contribution in [2.24, 2.45) is 0 Å². The summed E-state index contributed by atoms with van der Waals surface area (Å²) in [7, 11) is 1.60. The van der Waals surface area contributed by atoms with Gasteiger partial charge in [-0.15, -0.1) is 0 Å². The molecule has 0 unspecified atom stereocenters. The Hall–Kier alpha value is -1.92. The number of urea groups is 1. The molecule has 0 aliphatic heterocycles. The van der Waals surface area contributed by atoms with Crippen LogP contribution in [0.2, 0.25) is 0 Å². The van der Waals surface area contributed by atoms with Gasteiger partial charge in [-0.25, -0.2) is 4.79 Å². The van der Waals surface area contributed by atoms with Crippen LogP contribution in [0, 0.1) is 0 Å². The van der Waals surface area contributed by atoms with Crippen molar-refractivity contribution in [3.8, 4) is 11.3 Å². The molecule has 20 heavy (non-hydrogen) atoms. The molecule has 0 fully saturated rings. The highest BCUT2D eigenvalue weighted by molar-refractivity contribution is 7.08. The molecule has 0 aliphatic carbocycles. The second-order valence-electron chi connectivity index (χ2n) is 4.13. The van der Waals surface area contributed by atoms with Gasteiger partial charge in [0.15, 0.2) is 0 Å². The van der Waals surface area contributed by atoms with Crippen molar-refractivity contribution in [3.63, 3.8) is 0 Å². The number of thiophene rings is 1. The highest BCUT2D eigenvalue weighted by Crippen LogP contribution is 2.23. The predicted molar refractivity (Wildman–Crippen MR) is 79.7 cm³/mol. The minimum atomic E-state index is -0.206. The van der Waals surface area contributed by atoms with Crippen LogP contribution in [-0.4, -0.2) is 31.3 Å². The van der Waals surface area contributed by atoms with Crippen LogP contribution in [-0.2, 0) is 11.3 Å². The molecule has 2 aromatic heterocycles. The van der Waals surface area contributed by atoms with Crippen LogP contribution >= 0.6 is 11.3 Å². The zero-order valence-electron chi connectivity index (χ0n) is 11.3. The summed E-state index contributed by atoms with van der Waals surface area (Å²) in [4.78, 5) is 16.0. The number of hydrogen-bond acceptors (Lipinski definition) is 4. The Morgan fingerprint density at radius 3 is 3.05 bits per heavy atom. The fourth-order valence-electron chi connectivity index (χ4n) is 1.75. The normalized spacial score (nSPS) is 10.2. The highest BCUT2D eigenvalue weighted by atomic mass is 32.1. The minimum absolute atomic E-state index is 0.206. The molecule has 0 aromatic carbocycles. The maximum Gasteiger partial charge on any atom is 0.315 e. The summed E-state index contributed by atoms with van der Waals surface area (Å²) < 4.78 is 4.87. The third-order valence-corrected chi connectivity index (χ3v) is 3.40. The van der Waals surface area contributed by atoms with E-state index in [1.54, 1.807) is 24.6 Å². The van der Waals surface area contributed by atoms with E-state index in [1.807, 2.05) is 29.0 Å². The molecule has 0 radical (unpaired) electrons. The number of nitrogens with one attached hydrogen (secondary N) is 2. The van der Waals surface area contributed by atoms with Gasteiger partial charge in [-0.05, 0) is 23.1 Å². The van der Waals surface area contributed by atoms with Crippen LogP contribution < -0.4 is 10.6 Å². The molecule has 0 saturated carbocycles. The fraction of sp³-hybridized carbons (Fsp3) is 0.286. The van der Waals surface area contributed by atoms with Crippen LogP contribution in [0.1, 0.15) is 5.56 Å². The molecular formula is C14H17N3O2S. The number of pyridine rings is 1. The quantitative estimate of drug-likeness (QED) is 0.802. The van der Waals surface area contributed by atoms with Gasteiger partial charge in [-0.2, -0.15) is 11.3 Å². The summed E-state index contributed by atoms with van der Waals surface area (Å²) in [5, 5.41) is 9.59. The third kappa shape index (κ3) is 4.04. The monoisotopic (exact) mass is 291 g/mol. The second-order valence-corrected chi connectivity index (χ2v) is 4.91. The molecule has 2 N–H and O–H groups in total. The molecule has 6 heteroatoms. The van der Waals surface area contributed by atoms with Crippen molar-refractivity contribution < 1.29 is 9.53 Å². The summed E-state index contributed by atoms with van der Waals surface area (Å²) in [6.07, 6.45) is 1.76. The molecule has 2 amide bonds. The third-order valence-electron chi connectivity index (χ3n) is 2.72. The summed E-state index contributed by atoms with van der Waals surface area (Å²) in [6.45, 7) is 1.44. The van der Waals surface area contributed by atoms with Crippen molar-refractivity contribution in [3.05, 3.63) is 40.7 Å². The van der Waals surface area contributed by atoms with Crippen molar-refractivity contribution in [2.75, 3.05) is 20.3 Å². The van der Waals surface area contributed by atoms with Crippen molar-refractivity contribution in [1.82, 2.24) is 15.6 Å². The van der Waals surface area contributed by atoms with E-state index in [2.05, 4.69) is 15.6 Å². The number of rotatable bonds is 6. The molecule has 0 spiro atoms. The van der Waals surface area contributed by atoms with E-state index >= 15 is 0 Å². The van der Waals surface area contributed by atoms with Crippen LogP contribution in [0.3, 0.4) is 0 Å². The lowest BCUT2D eigenvalue weighted by Crippen LogP contribution is -2.36. The van der Waals surface area contributed by atoms with Crippen LogP contribution in [0.5, 0.6) is 0 Å². The molecular weight excluding hydrogens is 274 g/mol. The smallest absolute Gasteiger partial charge is 0.315 e. The first-order valence-corrected chi connectivity index (χ1v) is 7.22. The molecule has 5 nitrogen and oxygen atoms in total. The van der Waals surface area contributed by atoms with E-state index in [0.717, 1.165) is 16.8 Å². The van der Waals surface area contributed by atoms with Crippen molar-refractivity contribution in [2.45, 2.75) is 6.54 Å². The minimum Gasteiger partial charge on any atom is -0.383 e. The SMILES string of the molecule is COCCNC(=O)NCc1cccnc1-c1ccsc1. The van der Waals surface area contributed by atoms with E-state index in [0.29, 0.717) is 19.7 Å². The van der Waals surface area contributed by atoms with Crippen LogP contribution in [0.4, 0.5) is 4.79 Å². The lowest BCUT2D eigenvalue weighted by Gasteiger charge is -2.10. The topological polar surface area (TPSA) is 63.2 Å². The number of hydrogen-bond donors (Lipinski definition) is 2. The maximum atomic E-state index is 11.6. The van der Waals surface area contributed by atoms with E-state index in [9.17, 15) is 4.79 Å². The van der Waals surface area contributed by atoms with Crippen LogP contribution in [0.15, 0.2) is 35.2 Å². The van der Waals surface area contributed by atoms with E-state index in [1.165, 1.54) is 0 Å². The average molecular weight is 291 g/mol. The van der Waals surface area contributed by atoms with E-state index in [4.69, 9.17) is 4.74 Å². The summed E-state index contributed by atoms with van der Waals surface area (Å²) >= 11 is 1.63. The molecule has 2 rings (SSSR count). The zero-order chi connectivity index (χ0) is 14.2. The molecule has 0 aliphatic rings. The van der Waals surface area contributed by atoms with Gasteiger partial charge in [0, 0.05) is 37.3 Å². The first-order valence-electron chi connectivity index (χ1n) is 6.28. The standard InChI is InChI=1S/C14H17N3O2S/c1-19-7-6-16-14(18)17-9-11-3-2-5-15-13(11)12-4-8-20-10-12/h2-5,8,10H,6-7,9H2,1H3,(H2,16,17,18). The van der Waals surface area contributed by atoms with Gasteiger partial charge in [-0.1, -0.05) is 6.07 Å². The Labute approximate surface area is 122 Å². The number of methoxy groups -OCH3 is 1. The zero-order valence-corrected chi connectivity index (χ0v) is 12.1. The largest absolute Gasteiger partial charge is 0.383 e.